The van der Waals surface area contributed by atoms with Gasteiger partial charge in [0.2, 0.25) is 0 Å². The second-order valence-electron chi connectivity index (χ2n) is 0.539. The van der Waals surface area contributed by atoms with Crippen molar-refractivity contribution in [2.24, 2.45) is 5.73 Å². The minimum Gasteiger partial charge on any atom is -0.465 e. The van der Waals surface area contributed by atoms with Gasteiger partial charge in [0.05, 0.1) is 0 Å². The van der Waals surface area contributed by atoms with Crippen molar-refractivity contribution in [2.75, 3.05) is 0 Å². The fourth-order valence-electron chi connectivity index (χ4n) is 0. The van der Waals surface area contributed by atoms with Gasteiger partial charge >= 0.3 is 6.09 Å². The molecule has 0 rings (SSSR count). The van der Waals surface area contributed by atoms with E-state index in [1.165, 1.54) is 0 Å². The van der Waals surface area contributed by atoms with Crippen molar-refractivity contribution in [1.82, 2.24) is 0 Å². The Morgan fingerprint density at radius 1 is 1.62 bits per heavy atom. The maximum Gasteiger partial charge on any atom is 0.402 e. The van der Waals surface area contributed by atoms with Crippen LogP contribution in [0.1, 0.15) is 0 Å². The molecule has 0 heterocycles. The maximum atomic E-state index is 8.78. The average molecular weight is 145 g/mol. The smallest absolute Gasteiger partial charge is 0.402 e. The molecule has 0 unspecified atom stereocenters. The van der Waals surface area contributed by atoms with Gasteiger partial charge in [0.15, 0.2) is 0 Å². The Kier molecular flexibility index (Phi) is 8.39. The number of carboxylic acid groups (broad SMARTS) is 1. The third kappa shape index (κ3) is 342. The van der Waals surface area contributed by atoms with E-state index in [4.69, 9.17) is 23.9 Å². The molecule has 0 saturated heterocycles. The molecule has 0 aromatic rings. The van der Waals surface area contributed by atoms with Crippen LogP contribution in [0.4, 0.5) is 4.79 Å². The van der Waals surface area contributed by atoms with Crippen LogP contribution in [0.3, 0.4) is 0 Å². The summed E-state index contributed by atoms with van der Waals surface area (Å²) in [5.74, 6) is 0. The molecule has 0 aliphatic heterocycles. The van der Waals surface area contributed by atoms with Gasteiger partial charge in [0, 0.05) is 4.66 Å². The van der Waals surface area contributed by atoms with E-state index in [9.17, 15) is 0 Å². The molecule has 0 radical (unpaired) electrons. The first kappa shape index (κ1) is 10.4. The van der Waals surface area contributed by atoms with Crippen LogP contribution in [0, 0.1) is 10.8 Å². The van der Waals surface area contributed by atoms with Crippen LogP contribution in [-0.2, 0) is 0 Å². The fraction of sp³-hybridized carbons (Fsp3) is 0. The Balaban J connectivity index is 0. The first-order chi connectivity index (χ1) is 3.46. The summed E-state index contributed by atoms with van der Waals surface area (Å²) in [6, 6.07) is 0. The van der Waals surface area contributed by atoms with Crippen molar-refractivity contribution in [1.29, 1.82) is 0 Å². The van der Waals surface area contributed by atoms with E-state index < -0.39 is 16.9 Å². The van der Waals surface area contributed by atoms with Gasteiger partial charge in [-0.1, -0.05) is 0 Å². The molecule has 1 amide bonds. The summed E-state index contributed by atoms with van der Waals surface area (Å²) >= 11 is 0. The van der Waals surface area contributed by atoms with Gasteiger partial charge in [-0.2, -0.15) is 0 Å². The summed E-state index contributed by atoms with van der Waals surface area (Å²) in [6.07, 6.45) is -1.33. The molecule has 8 heavy (non-hydrogen) atoms. The van der Waals surface area contributed by atoms with Crippen LogP contribution in [0.15, 0.2) is 0 Å². The lowest BCUT2D eigenvalue weighted by atomic mass is 11.3. The molecule has 0 spiro atoms. The summed E-state index contributed by atoms with van der Waals surface area (Å²) in [5.41, 5.74) is 4.03. The number of hydrogen-bond donors (Lipinski definition) is 3. The van der Waals surface area contributed by atoms with Crippen molar-refractivity contribution in [3.8, 4) is 0 Å². The topological polar surface area (TPSA) is 130 Å². The lowest BCUT2D eigenvalue weighted by Crippen LogP contribution is -2.30. The van der Waals surface area contributed by atoms with Crippen molar-refractivity contribution in [3.05, 3.63) is 0 Å². The summed E-state index contributed by atoms with van der Waals surface area (Å²) < 4.78 is 24.0. The van der Waals surface area contributed by atoms with Crippen LogP contribution in [0.2, 0.25) is 0 Å². The van der Waals surface area contributed by atoms with E-state index in [2.05, 4.69) is 5.73 Å². The van der Waals surface area contributed by atoms with Gasteiger partial charge in [-0.25, -0.2) is 4.79 Å². The highest BCUT2D eigenvalue weighted by Crippen LogP contribution is 1.38. The van der Waals surface area contributed by atoms with Crippen LogP contribution in [-0.4, -0.2) is 15.9 Å². The third-order valence-corrected chi connectivity index (χ3v) is 0. The van der Waals surface area contributed by atoms with Crippen molar-refractivity contribution in [3.63, 3.8) is 0 Å². The van der Waals surface area contributed by atoms with Gasteiger partial charge in [-0.3, -0.25) is 0 Å². The van der Waals surface area contributed by atoms with E-state index in [0.29, 0.717) is 0 Å². The molecule has 4 N–H and O–H groups in total. The summed E-state index contributed by atoms with van der Waals surface area (Å²) in [4.78, 5) is 8.78. The molecule has 0 aromatic carbocycles. The molecule has 0 aliphatic rings. The molecule has 0 aromatic heterocycles. The average Bonchev–Trinajstić information content (AvgIpc) is 1.25. The summed E-state index contributed by atoms with van der Waals surface area (Å²) in [7, 11) is -2.60. The van der Waals surface area contributed by atoms with Gasteiger partial charge < -0.3 is 20.2 Å². The Morgan fingerprint density at radius 3 is 1.62 bits per heavy atom. The van der Waals surface area contributed by atoms with E-state index in [0.717, 1.165) is 0 Å². The predicted octanol–water partition coefficient (Wildman–Crippen LogP) is -3.31. The first-order valence-electron chi connectivity index (χ1n) is 1.19. The molecule has 0 fully saturated rings. The Morgan fingerprint density at radius 2 is 1.62 bits per heavy atom. The summed E-state index contributed by atoms with van der Waals surface area (Å²) in [5, 5.41) is 7.19. The second kappa shape index (κ2) is 6.44. The number of rotatable bonds is 0. The lowest BCUT2D eigenvalue weighted by molar-refractivity contribution is -1.63. The SMILES string of the molecule is NC(=O)O.[O-][Cl+2]([O-])O. The van der Waals surface area contributed by atoms with E-state index >= 15 is 0 Å². The lowest BCUT2D eigenvalue weighted by Gasteiger charge is -1.72. The predicted molar refractivity (Wildman–Crippen MR) is 14.4 cm³/mol. The largest absolute Gasteiger partial charge is 0.465 e. The highest BCUT2D eigenvalue weighted by Gasteiger charge is 1.79. The highest BCUT2D eigenvalue weighted by atomic mass is 35.6. The number of primary amides is 1. The Bertz CT molecular complexity index is 56.7. The minimum absolute atomic E-state index is 1.33. The molecule has 7 heteroatoms. The highest BCUT2D eigenvalue weighted by molar-refractivity contribution is 5.61. The summed E-state index contributed by atoms with van der Waals surface area (Å²) in [6.45, 7) is 0. The number of hydrogen-bond acceptors (Lipinski definition) is 4. The van der Waals surface area contributed by atoms with Crippen molar-refractivity contribution in [2.45, 2.75) is 0 Å². The number of carbonyl (C=O) groups is 1. The molecular weight excluding hydrogens is 141 g/mol. The van der Waals surface area contributed by atoms with Crippen LogP contribution >= 0.6 is 0 Å². The van der Waals surface area contributed by atoms with E-state index in [-0.39, 0.29) is 0 Å². The van der Waals surface area contributed by atoms with E-state index in [1.54, 1.807) is 0 Å². The van der Waals surface area contributed by atoms with Crippen molar-refractivity contribution >= 4 is 6.09 Å². The zero-order chi connectivity index (χ0) is 7.15. The second-order valence-corrected chi connectivity index (χ2v) is 0.941. The van der Waals surface area contributed by atoms with Crippen molar-refractivity contribution < 1.29 is 34.7 Å². The zero-order valence-corrected chi connectivity index (χ0v) is 4.33. The molecule has 0 atom stereocenters. The zero-order valence-electron chi connectivity index (χ0n) is 3.57. The third-order valence-electron chi connectivity index (χ3n) is 0. The standard InChI is InChI=1S/CH3NO2.ClHO3/c2*2-1(3)4/h2H2,(H,3,4);2H. The minimum atomic E-state index is -2.60. The molecule has 0 bridgehead atoms. The van der Waals surface area contributed by atoms with Gasteiger partial charge in [-0.05, 0) is 0 Å². The quantitative estimate of drug-likeness (QED) is 0.329. The fourth-order valence-corrected chi connectivity index (χ4v) is 0. The first-order valence-corrected chi connectivity index (χ1v) is 2.15. The molecule has 0 saturated carbocycles. The van der Waals surface area contributed by atoms with Gasteiger partial charge in [0.25, 0.3) is 10.8 Å². The molecule has 0 aliphatic carbocycles. The van der Waals surface area contributed by atoms with Crippen LogP contribution < -0.4 is 15.1 Å². The van der Waals surface area contributed by atoms with Gasteiger partial charge in [-0.15, -0.1) is 0 Å². The number of amides is 1. The van der Waals surface area contributed by atoms with Crippen LogP contribution in [0.25, 0.3) is 0 Å². The Hall–Kier alpha value is -0.560. The van der Waals surface area contributed by atoms with E-state index in [1.807, 2.05) is 0 Å². The molecule has 6 nitrogen and oxygen atoms in total. The van der Waals surface area contributed by atoms with Crippen LogP contribution in [0.5, 0.6) is 0 Å². The molecule has 50 valence electrons. The Labute approximate surface area is 47.6 Å². The van der Waals surface area contributed by atoms with Gasteiger partial charge in [0.1, 0.15) is 0 Å². The monoisotopic (exact) mass is 145 g/mol. The normalized spacial score (nSPS) is 7.50. The molecular formula is CH4ClNO5. The number of halogens is 1. The number of nitrogens with two attached hydrogens (primary N) is 1. The maximum absolute atomic E-state index is 8.78.